The minimum Gasteiger partial charge on any atom is -0.334 e. The maximum Gasteiger partial charge on any atom is 0.257 e. The molecule has 1 aliphatic rings. The van der Waals surface area contributed by atoms with Crippen LogP contribution in [0.2, 0.25) is 0 Å². The Hall–Kier alpha value is -2.51. The molecule has 6 nitrogen and oxygen atoms in total. The summed E-state index contributed by atoms with van der Waals surface area (Å²) in [7, 11) is -3.55. The van der Waals surface area contributed by atoms with Crippen LogP contribution in [0, 0.1) is 34.6 Å². The molecule has 0 N–H and O–H groups in total. The van der Waals surface area contributed by atoms with Gasteiger partial charge >= 0.3 is 0 Å². The van der Waals surface area contributed by atoms with E-state index < -0.39 is 10.0 Å². The largest absolute Gasteiger partial charge is 0.334 e. The summed E-state index contributed by atoms with van der Waals surface area (Å²) in [4.78, 5) is 5.06. The average Bonchev–Trinajstić information content (AvgIpc) is 3.23. The van der Waals surface area contributed by atoms with Gasteiger partial charge in [-0.2, -0.15) is 9.29 Å². The van der Waals surface area contributed by atoms with Crippen molar-refractivity contribution in [2.24, 2.45) is 0 Å². The minimum atomic E-state index is -3.55. The van der Waals surface area contributed by atoms with Crippen LogP contribution in [-0.2, 0) is 10.0 Å². The molecule has 0 amide bonds. The van der Waals surface area contributed by atoms with Gasteiger partial charge in [-0.3, -0.25) is 0 Å². The second-order valence-electron chi connectivity index (χ2n) is 8.60. The van der Waals surface area contributed by atoms with E-state index in [0.717, 1.165) is 33.4 Å². The van der Waals surface area contributed by atoms with Gasteiger partial charge in [-0.05, 0) is 81.8 Å². The normalized spacial score (nSPS) is 16.0. The van der Waals surface area contributed by atoms with Crippen molar-refractivity contribution in [1.82, 2.24) is 14.4 Å². The van der Waals surface area contributed by atoms with Gasteiger partial charge < -0.3 is 4.52 Å². The molecule has 4 rings (SSSR count). The van der Waals surface area contributed by atoms with Gasteiger partial charge in [0.15, 0.2) is 5.82 Å². The molecular formula is C24H29N3O3S. The monoisotopic (exact) mass is 439 g/mol. The lowest BCUT2D eigenvalue weighted by molar-refractivity contribution is 0.307. The number of piperidine rings is 1. The van der Waals surface area contributed by atoms with E-state index in [2.05, 4.69) is 16.2 Å². The van der Waals surface area contributed by atoms with E-state index in [1.165, 1.54) is 0 Å². The predicted octanol–water partition coefficient (Wildman–Crippen LogP) is 4.85. The van der Waals surface area contributed by atoms with Crippen molar-refractivity contribution in [2.75, 3.05) is 13.1 Å². The van der Waals surface area contributed by atoms with E-state index >= 15 is 0 Å². The summed E-state index contributed by atoms with van der Waals surface area (Å²) in [5, 5.41) is 4.19. The van der Waals surface area contributed by atoms with Gasteiger partial charge in [0.25, 0.3) is 5.89 Å². The fourth-order valence-corrected chi connectivity index (χ4v) is 6.39. The van der Waals surface area contributed by atoms with Gasteiger partial charge in [0.05, 0.1) is 4.90 Å². The lowest BCUT2D eigenvalue weighted by Gasteiger charge is -2.31. The number of benzene rings is 2. The van der Waals surface area contributed by atoms with Crippen molar-refractivity contribution in [3.8, 4) is 11.5 Å². The molecule has 2 aromatic carbocycles. The summed E-state index contributed by atoms with van der Waals surface area (Å²) in [5.74, 6) is 1.26. The Balaban J connectivity index is 1.52. The van der Waals surface area contributed by atoms with Crippen molar-refractivity contribution < 1.29 is 12.9 Å². The molecule has 0 unspecified atom stereocenters. The van der Waals surface area contributed by atoms with Gasteiger partial charge in [-0.15, -0.1) is 0 Å². The highest BCUT2D eigenvalue weighted by atomic mass is 32.2. The van der Waals surface area contributed by atoms with Crippen LogP contribution >= 0.6 is 0 Å². The molecule has 3 aromatic rings. The van der Waals surface area contributed by atoms with Crippen LogP contribution in [0.15, 0.2) is 39.8 Å². The zero-order valence-corrected chi connectivity index (χ0v) is 19.6. The fourth-order valence-electron chi connectivity index (χ4n) is 4.35. The Morgan fingerprint density at radius 2 is 1.61 bits per heavy atom. The minimum absolute atomic E-state index is 0.0928. The smallest absolute Gasteiger partial charge is 0.257 e. The number of hydrogen-bond acceptors (Lipinski definition) is 5. The first kappa shape index (κ1) is 21.7. The van der Waals surface area contributed by atoms with Gasteiger partial charge in [0, 0.05) is 24.6 Å². The molecule has 0 atom stereocenters. The van der Waals surface area contributed by atoms with Gasteiger partial charge in [-0.1, -0.05) is 28.9 Å². The van der Waals surface area contributed by atoms with Crippen LogP contribution < -0.4 is 0 Å². The molecule has 2 heterocycles. The molecule has 0 saturated carbocycles. The van der Waals surface area contributed by atoms with Gasteiger partial charge in [0.2, 0.25) is 10.0 Å². The molecular weight excluding hydrogens is 410 g/mol. The zero-order valence-electron chi connectivity index (χ0n) is 18.8. The zero-order chi connectivity index (χ0) is 22.3. The maximum absolute atomic E-state index is 13.5. The predicted molar refractivity (Wildman–Crippen MR) is 121 cm³/mol. The lowest BCUT2D eigenvalue weighted by Crippen LogP contribution is -2.38. The molecule has 0 bridgehead atoms. The molecule has 0 spiro atoms. The van der Waals surface area contributed by atoms with Crippen LogP contribution in [-0.4, -0.2) is 36.0 Å². The van der Waals surface area contributed by atoms with E-state index in [0.29, 0.717) is 42.5 Å². The molecule has 0 radical (unpaired) electrons. The third-order valence-corrected chi connectivity index (χ3v) is 8.59. The summed E-state index contributed by atoms with van der Waals surface area (Å²) in [6.45, 7) is 10.7. The summed E-state index contributed by atoms with van der Waals surface area (Å²) in [6, 6.07) is 10.0. The number of aromatic nitrogens is 2. The first-order valence-corrected chi connectivity index (χ1v) is 12.1. The number of rotatable bonds is 4. The van der Waals surface area contributed by atoms with Crippen LogP contribution in [0.4, 0.5) is 0 Å². The molecule has 7 heteroatoms. The fraction of sp³-hybridized carbons (Fsp3) is 0.417. The van der Waals surface area contributed by atoms with Crippen molar-refractivity contribution in [3.63, 3.8) is 0 Å². The van der Waals surface area contributed by atoms with Crippen LogP contribution in [0.25, 0.3) is 11.5 Å². The highest BCUT2D eigenvalue weighted by molar-refractivity contribution is 7.89. The Morgan fingerprint density at radius 3 is 2.23 bits per heavy atom. The number of sulfonamides is 1. The molecule has 31 heavy (non-hydrogen) atoms. The Bertz CT molecular complexity index is 1200. The highest BCUT2D eigenvalue weighted by Crippen LogP contribution is 2.34. The van der Waals surface area contributed by atoms with Crippen LogP contribution in [0.1, 0.15) is 52.4 Å². The molecule has 0 aliphatic carbocycles. The van der Waals surface area contributed by atoms with Gasteiger partial charge in [0.1, 0.15) is 0 Å². The summed E-state index contributed by atoms with van der Waals surface area (Å²) in [5.41, 5.74) is 5.73. The summed E-state index contributed by atoms with van der Waals surface area (Å²) < 4.78 is 34.0. The second kappa shape index (κ2) is 8.20. The number of aryl methyl sites for hydroxylation is 3. The van der Waals surface area contributed by atoms with Gasteiger partial charge in [-0.25, -0.2) is 8.42 Å². The van der Waals surface area contributed by atoms with E-state index in [-0.39, 0.29) is 5.92 Å². The lowest BCUT2D eigenvalue weighted by atomic mass is 9.97. The Labute approximate surface area is 184 Å². The first-order valence-electron chi connectivity index (χ1n) is 10.7. The summed E-state index contributed by atoms with van der Waals surface area (Å²) in [6.07, 6.45) is 1.35. The number of hydrogen-bond donors (Lipinski definition) is 0. The van der Waals surface area contributed by atoms with Crippen molar-refractivity contribution >= 4 is 10.0 Å². The third kappa shape index (κ3) is 4.04. The first-order chi connectivity index (χ1) is 14.7. The third-order valence-electron chi connectivity index (χ3n) is 6.42. The standard InChI is InChI=1S/C24H29N3O3S/c1-15-7-6-8-21(13-15)24-25-23(26-30-24)20-9-11-27(12-10-20)31(28,29)22-18(4)16(2)14-17(3)19(22)5/h6-8,13-14,20H,9-12H2,1-5H3. The quantitative estimate of drug-likeness (QED) is 0.581. The Kier molecular flexibility index (Phi) is 5.75. The van der Waals surface area contributed by atoms with Crippen molar-refractivity contribution in [3.05, 3.63) is 64.0 Å². The van der Waals surface area contributed by atoms with Crippen LogP contribution in [0.5, 0.6) is 0 Å². The highest BCUT2D eigenvalue weighted by Gasteiger charge is 2.34. The molecule has 164 valence electrons. The average molecular weight is 440 g/mol. The Morgan fingerprint density at radius 1 is 0.968 bits per heavy atom. The topological polar surface area (TPSA) is 76.3 Å². The SMILES string of the molecule is Cc1cccc(-c2nc(C3CCN(S(=O)(=O)c4c(C)c(C)cc(C)c4C)CC3)no2)c1. The molecule has 1 saturated heterocycles. The summed E-state index contributed by atoms with van der Waals surface area (Å²) >= 11 is 0. The van der Waals surface area contributed by atoms with Crippen molar-refractivity contribution in [1.29, 1.82) is 0 Å². The van der Waals surface area contributed by atoms with Crippen LogP contribution in [0.3, 0.4) is 0 Å². The molecule has 1 aliphatic heterocycles. The van der Waals surface area contributed by atoms with E-state index in [1.54, 1.807) is 4.31 Å². The molecule has 1 fully saturated rings. The molecule has 1 aromatic heterocycles. The van der Waals surface area contributed by atoms with Crippen molar-refractivity contribution in [2.45, 2.75) is 58.3 Å². The second-order valence-corrected chi connectivity index (χ2v) is 10.5. The van der Waals surface area contributed by atoms with E-state index in [1.807, 2.05) is 58.9 Å². The van der Waals surface area contributed by atoms with E-state index in [9.17, 15) is 8.42 Å². The number of nitrogens with zero attached hydrogens (tertiary/aromatic N) is 3. The maximum atomic E-state index is 13.5. The van der Waals surface area contributed by atoms with E-state index in [4.69, 9.17) is 4.52 Å².